The molecule has 3 saturated heterocycles. The molecule has 6 heteroatoms. The fourth-order valence-corrected chi connectivity index (χ4v) is 5.50. The number of nitrogens with one attached hydrogen (secondary N) is 1. The van der Waals surface area contributed by atoms with E-state index in [4.69, 9.17) is 4.74 Å². The summed E-state index contributed by atoms with van der Waals surface area (Å²) in [5.74, 6) is 1.56. The van der Waals surface area contributed by atoms with E-state index in [1.54, 1.807) is 18.4 Å². The highest BCUT2D eigenvalue weighted by Gasteiger charge is 2.35. The minimum Gasteiger partial charge on any atom is -0.497 e. The number of methoxy groups -OCH3 is 1. The molecule has 0 saturated carbocycles. The van der Waals surface area contributed by atoms with Gasteiger partial charge in [0.2, 0.25) is 0 Å². The van der Waals surface area contributed by atoms with Crippen LogP contribution in [-0.4, -0.2) is 43.6 Å². The maximum atomic E-state index is 12.9. The summed E-state index contributed by atoms with van der Waals surface area (Å²) in [6, 6.07) is 16.8. The molecule has 4 nitrogen and oxygen atoms in total. The van der Waals surface area contributed by atoms with E-state index in [0.717, 1.165) is 38.4 Å². The van der Waals surface area contributed by atoms with E-state index in [0.29, 0.717) is 12.0 Å². The van der Waals surface area contributed by atoms with Crippen LogP contribution >= 0.6 is 23.7 Å². The number of amides is 1. The maximum Gasteiger partial charge on any atom is 0.261 e. The summed E-state index contributed by atoms with van der Waals surface area (Å²) >= 11 is 1.58. The van der Waals surface area contributed by atoms with Gasteiger partial charge in [-0.3, -0.25) is 4.79 Å². The van der Waals surface area contributed by atoms with Crippen LogP contribution in [0.4, 0.5) is 0 Å². The van der Waals surface area contributed by atoms with E-state index in [1.807, 2.05) is 24.3 Å². The molecule has 1 atom stereocenters. The topological polar surface area (TPSA) is 41.6 Å². The smallest absolute Gasteiger partial charge is 0.261 e. The van der Waals surface area contributed by atoms with Crippen molar-refractivity contribution in [1.29, 1.82) is 0 Å². The van der Waals surface area contributed by atoms with Crippen molar-refractivity contribution in [1.82, 2.24) is 10.2 Å². The predicted octanol–water partition coefficient (Wildman–Crippen LogP) is 4.82. The summed E-state index contributed by atoms with van der Waals surface area (Å²) in [7, 11) is 1.68. The number of rotatable bonds is 4. The molecule has 2 bridgehead atoms. The zero-order chi connectivity index (χ0) is 19.1. The third-order valence-corrected chi connectivity index (χ3v) is 7.22. The van der Waals surface area contributed by atoms with Crippen molar-refractivity contribution in [3.63, 3.8) is 0 Å². The molecule has 3 aliphatic rings. The lowest BCUT2D eigenvalue weighted by Crippen LogP contribution is -2.57. The Bertz CT molecular complexity index is 1030. The summed E-state index contributed by atoms with van der Waals surface area (Å²) in [4.78, 5) is 16.1. The molecule has 0 spiro atoms. The first-order valence-corrected chi connectivity index (χ1v) is 10.7. The SMILES string of the molecule is COc1cccc(-c2ccc3cc(C(=O)N[C@H]4CN5CCC4CC5)sc3c2)c1.Cl. The second-order valence-corrected chi connectivity index (χ2v) is 8.90. The Morgan fingerprint density at radius 3 is 2.62 bits per heavy atom. The third-order valence-electron chi connectivity index (χ3n) is 6.12. The molecule has 0 radical (unpaired) electrons. The van der Waals surface area contributed by atoms with Gasteiger partial charge in [0.05, 0.1) is 12.0 Å². The highest BCUT2D eigenvalue weighted by Crippen LogP contribution is 2.32. The zero-order valence-electron chi connectivity index (χ0n) is 16.4. The number of halogens is 1. The summed E-state index contributed by atoms with van der Waals surface area (Å²) in [5, 5.41) is 4.42. The lowest BCUT2D eigenvalue weighted by molar-refractivity contribution is 0.0622. The van der Waals surface area contributed by atoms with Gasteiger partial charge in [0.25, 0.3) is 5.91 Å². The lowest BCUT2D eigenvalue weighted by Gasteiger charge is -2.44. The van der Waals surface area contributed by atoms with Gasteiger partial charge in [-0.2, -0.15) is 0 Å². The van der Waals surface area contributed by atoms with Crippen molar-refractivity contribution in [2.75, 3.05) is 26.7 Å². The van der Waals surface area contributed by atoms with Gasteiger partial charge in [0, 0.05) is 17.3 Å². The highest BCUT2D eigenvalue weighted by atomic mass is 35.5. The van der Waals surface area contributed by atoms with Crippen LogP contribution in [0.5, 0.6) is 5.75 Å². The quantitative estimate of drug-likeness (QED) is 0.647. The Hall–Kier alpha value is -2.08. The van der Waals surface area contributed by atoms with Gasteiger partial charge in [0.15, 0.2) is 0 Å². The summed E-state index contributed by atoms with van der Waals surface area (Å²) in [5.41, 5.74) is 2.26. The molecular weight excluding hydrogens is 404 g/mol. The number of thiophene rings is 1. The van der Waals surface area contributed by atoms with Gasteiger partial charge in [-0.05, 0) is 72.6 Å². The van der Waals surface area contributed by atoms with E-state index in [-0.39, 0.29) is 18.3 Å². The van der Waals surface area contributed by atoms with Gasteiger partial charge in [0.1, 0.15) is 5.75 Å². The van der Waals surface area contributed by atoms with Gasteiger partial charge in [-0.1, -0.05) is 24.3 Å². The Balaban J connectivity index is 0.00000205. The zero-order valence-corrected chi connectivity index (χ0v) is 18.0. The number of piperidine rings is 3. The van der Waals surface area contributed by atoms with Crippen molar-refractivity contribution in [3.8, 4) is 16.9 Å². The molecule has 1 aromatic heterocycles. The van der Waals surface area contributed by atoms with Gasteiger partial charge in [-0.15, -0.1) is 23.7 Å². The molecule has 6 rings (SSSR count). The van der Waals surface area contributed by atoms with E-state index in [9.17, 15) is 4.79 Å². The molecule has 1 N–H and O–H groups in total. The number of nitrogens with zero attached hydrogens (tertiary/aromatic N) is 1. The van der Waals surface area contributed by atoms with Crippen LogP contribution < -0.4 is 10.1 Å². The molecule has 29 heavy (non-hydrogen) atoms. The van der Waals surface area contributed by atoms with Crippen molar-refractivity contribution < 1.29 is 9.53 Å². The third kappa shape index (κ3) is 4.00. The van der Waals surface area contributed by atoms with Crippen molar-refractivity contribution in [2.24, 2.45) is 5.92 Å². The molecular formula is C23H25ClN2O2S. The van der Waals surface area contributed by atoms with E-state index in [1.165, 1.54) is 25.9 Å². The Kier molecular flexibility index (Phi) is 5.81. The predicted molar refractivity (Wildman–Crippen MR) is 121 cm³/mol. The molecule has 0 unspecified atom stereocenters. The highest BCUT2D eigenvalue weighted by molar-refractivity contribution is 7.20. The molecule has 152 valence electrons. The normalized spacial score (nSPS) is 22.9. The van der Waals surface area contributed by atoms with Crippen LogP contribution in [0.1, 0.15) is 22.5 Å². The average Bonchev–Trinajstić information content (AvgIpc) is 3.18. The molecule has 3 aromatic rings. The second kappa shape index (κ2) is 8.34. The van der Waals surface area contributed by atoms with Crippen molar-refractivity contribution >= 4 is 39.7 Å². The standard InChI is InChI=1S/C23H24N2O2S.ClH/c1-27-19-4-2-3-16(11-19)17-5-6-18-13-22(28-21(18)12-17)23(26)24-20-14-25-9-7-15(20)8-10-25;/h2-6,11-13,15,20H,7-10,14H2,1H3,(H,24,26);1H/t20-;/m0./s1. The fraction of sp³-hybridized carbons (Fsp3) is 0.348. The van der Waals surface area contributed by atoms with Crippen LogP contribution in [0, 0.1) is 5.92 Å². The average molecular weight is 429 g/mol. The number of ether oxygens (including phenoxy) is 1. The number of fused-ring (bicyclic) bond motifs is 4. The number of hydrogen-bond acceptors (Lipinski definition) is 4. The first-order valence-electron chi connectivity index (χ1n) is 9.91. The monoisotopic (exact) mass is 428 g/mol. The van der Waals surface area contributed by atoms with Crippen molar-refractivity contribution in [3.05, 3.63) is 53.4 Å². The van der Waals surface area contributed by atoms with Crippen LogP contribution in [0.15, 0.2) is 48.5 Å². The van der Waals surface area contributed by atoms with Gasteiger partial charge >= 0.3 is 0 Å². The Labute approximate surface area is 181 Å². The van der Waals surface area contributed by atoms with Crippen LogP contribution in [0.3, 0.4) is 0 Å². The number of hydrogen-bond donors (Lipinski definition) is 1. The molecule has 0 aliphatic carbocycles. The lowest BCUT2D eigenvalue weighted by atomic mass is 9.84. The van der Waals surface area contributed by atoms with Gasteiger partial charge in [-0.25, -0.2) is 0 Å². The Morgan fingerprint density at radius 2 is 1.90 bits per heavy atom. The molecule has 2 aromatic carbocycles. The number of carbonyl (C=O) groups excluding carboxylic acids is 1. The molecule has 3 aliphatic heterocycles. The first-order chi connectivity index (χ1) is 13.7. The fourth-order valence-electron chi connectivity index (χ4n) is 4.49. The van der Waals surface area contributed by atoms with Gasteiger partial charge < -0.3 is 15.0 Å². The summed E-state index contributed by atoms with van der Waals surface area (Å²) in [6.07, 6.45) is 2.42. The van der Waals surface area contributed by atoms with E-state index in [2.05, 4.69) is 34.5 Å². The largest absolute Gasteiger partial charge is 0.497 e. The summed E-state index contributed by atoms with van der Waals surface area (Å²) < 4.78 is 6.48. The maximum absolute atomic E-state index is 12.9. The van der Waals surface area contributed by atoms with Crippen molar-refractivity contribution in [2.45, 2.75) is 18.9 Å². The second-order valence-electron chi connectivity index (χ2n) is 7.81. The first kappa shape index (κ1) is 20.2. The number of benzene rings is 2. The molecule has 1 amide bonds. The Morgan fingerprint density at radius 1 is 1.10 bits per heavy atom. The minimum absolute atomic E-state index is 0. The molecule has 3 fully saturated rings. The van der Waals surface area contributed by atoms with Crippen LogP contribution in [0.25, 0.3) is 21.2 Å². The van der Waals surface area contributed by atoms with Crippen LogP contribution in [-0.2, 0) is 0 Å². The summed E-state index contributed by atoms with van der Waals surface area (Å²) in [6.45, 7) is 3.38. The number of carbonyl (C=O) groups is 1. The molecule has 4 heterocycles. The van der Waals surface area contributed by atoms with E-state index < -0.39 is 0 Å². The van der Waals surface area contributed by atoms with Crippen LogP contribution in [0.2, 0.25) is 0 Å². The van der Waals surface area contributed by atoms with E-state index >= 15 is 0 Å². The minimum atomic E-state index is 0.